The maximum absolute atomic E-state index is 13.4. The molecule has 4 aromatic heterocycles. The van der Waals surface area contributed by atoms with Crippen LogP contribution >= 0.6 is 0 Å². The molecule has 0 aliphatic heterocycles. The molecule has 8 nitrogen and oxygen atoms in total. The van der Waals surface area contributed by atoms with Gasteiger partial charge in [-0.2, -0.15) is 5.10 Å². The molecule has 0 saturated heterocycles. The first-order valence-corrected chi connectivity index (χ1v) is 10.6. The maximum atomic E-state index is 13.4. The average Bonchev–Trinajstić information content (AvgIpc) is 3.47. The Balaban J connectivity index is 1.82. The number of hydrogen-bond acceptors (Lipinski definition) is 6. The van der Waals surface area contributed by atoms with Gasteiger partial charge in [0.2, 0.25) is 0 Å². The van der Waals surface area contributed by atoms with Crippen LogP contribution in [0.15, 0.2) is 70.6 Å². The summed E-state index contributed by atoms with van der Waals surface area (Å²) in [6.45, 7) is 3.66. The molecule has 0 bridgehead atoms. The number of nitrogens with one attached hydrogen (secondary N) is 1. The van der Waals surface area contributed by atoms with Crippen LogP contribution in [0.5, 0.6) is 0 Å². The summed E-state index contributed by atoms with van der Waals surface area (Å²) >= 11 is 0. The molecule has 0 radical (unpaired) electrons. The topological polar surface area (TPSA) is 107 Å². The van der Waals surface area contributed by atoms with Gasteiger partial charge in [-0.05, 0) is 32.0 Å². The molecule has 0 spiro atoms. The summed E-state index contributed by atoms with van der Waals surface area (Å²) in [5.41, 5.74) is 4.70. The summed E-state index contributed by atoms with van der Waals surface area (Å²) in [4.78, 5) is 4.80. The normalized spacial score (nSPS) is 11.9. The number of fused-ring (bicyclic) bond motifs is 1. The molecule has 0 aliphatic rings. The van der Waals surface area contributed by atoms with E-state index in [-0.39, 0.29) is 4.90 Å². The molecule has 4 heterocycles. The Labute approximate surface area is 172 Å². The van der Waals surface area contributed by atoms with E-state index in [2.05, 4.69) is 20.3 Å². The minimum Gasteiger partial charge on any atom is -0.361 e. The Kier molecular flexibility index (Phi) is 4.07. The van der Waals surface area contributed by atoms with Crippen LogP contribution in [-0.2, 0) is 10.0 Å². The molecule has 0 amide bonds. The van der Waals surface area contributed by atoms with Crippen molar-refractivity contribution < 1.29 is 12.9 Å². The summed E-state index contributed by atoms with van der Waals surface area (Å²) < 4.78 is 33.4. The van der Waals surface area contributed by atoms with Gasteiger partial charge in [0, 0.05) is 40.8 Å². The number of aryl methyl sites for hydroxylation is 2. The number of nitrogens with zero attached hydrogens (tertiary/aromatic N) is 4. The summed E-state index contributed by atoms with van der Waals surface area (Å²) in [6.07, 6.45) is 6.64. The lowest BCUT2D eigenvalue weighted by molar-refractivity contribution is 0.393. The molecule has 0 fully saturated rings. The molecule has 0 unspecified atom stereocenters. The van der Waals surface area contributed by atoms with Crippen LogP contribution in [0.25, 0.3) is 33.3 Å². The lowest BCUT2D eigenvalue weighted by atomic mass is 10.1. The largest absolute Gasteiger partial charge is 0.361 e. The highest BCUT2D eigenvalue weighted by atomic mass is 32.2. The molecule has 1 aromatic carbocycles. The van der Waals surface area contributed by atoms with Gasteiger partial charge in [-0.25, -0.2) is 12.4 Å². The second-order valence-corrected chi connectivity index (χ2v) is 8.75. The number of pyridine rings is 1. The Morgan fingerprint density at radius 2 is 1.87 bits per heavy atom. The zero-order valence-electron chi connectivity index (χ0n) is 16.2. The Morgan fingerprint density at radius 1 is 1.07 bits per heavy atom. The van der Waals surface area contributed by atoms with Crippen LogP contribution in [0.2, 0.25) is 0 Å². The van der Waals surface area contributed by atoms with Gasteiger partial charge in [-0.15, -0.1) is 0 Å². The molecule has 5 rings (SSSR count). The Bertz CT molecular complexity index is 1450. The first kappa shape index (κ1) is 18.3. The van der Waals surface area contributed by atoms with Gasteiger partial charge in [-0.3, -0.25) is 10.1 Å². The minimum atomic E-state index is -3.83. The van der Waals surface area contributed by atoms with Crippen molar-refractivity contribution >= 4 is 21.1 Å². The van der Waals surface area contributed by atoms with Crippen LogP contribution < -0.4 is 0 Å². The van der Waals surface area contributed by atoms with Crippen molar-refractivity contribution in [1.82, 2.24) is 24.3 Å². The minimum absolute atomic E-state index is 0.198. The van der Waals surface area contributed by atoms with Crippen LogP contribution in [0.4, 0.5) is 0 Å². The van der Waals surface area contributed by atoms with Crippen molar-refractivity contribution in [2.75, 3.05) is 0 Å². The highest BCUT2D eigenvalue weighted by Gasteiger charge is 2.24. The van der Waals surface area contributed by atoms with Gasteiger partial charge in [0.05, 0.1) is 27.8 Å². The molecule has 0 atom stereocenters. The molecule has 0 aliphatic carbocycles. The lowest BCUT2D eigenvalue weighted by Gasteiger charge is -2.08. The van der Waals surface area contributed by atoms with Crippen molar-refractivity contribution in [1.29, 1.82) is 0 Å². The lowest BCUT2D eigenvalue weighted by Crippen LogP contribution is -2.11. The molecular formula is C21H17N5O3S. The summed E-state index contributed by atoms with van der Waals surface area (Å²) in [5, 5.41) is 10.7. The van der Waals surface area contributed by atoms with E-state index in [0.717, 1.165) is 16.7 Å². The highest BCUT2D eigenvalue weighted by molar-refractivity contribution is 7.90. The van der Waals surface area contributed by atoms with Crippen LogP contribution in [-0.4, -0.2) is 32.7 Å². The van der Waals surface area contributed by atoms with Crippen molar-refractivity contribution in [3.63, 3.8) is 0 Å². The number of hydrogen-bond donors (Lipinski definition) is 1. The van der Waals surface area contributed by atoms with E-state index in [0.29, 0.717) is 28.1 Å². The van der Waals surface area contributed by atoms with E-state index >= 15 is 0 Å². The molecule has 30 heavy (non-hydrogen) atoms. The molecule has 9 heteroatoms. The number of H-pyrrole nitrogens is 1. The predicted octanol–water partition coefficient (Wildman–Crippen LogP) is 3.94. The first-order chi connectivity index (χ1) is 14.5. The Hall–Kier alpha value is -3.72. The van der Waals surface area contributed by atoms with E-state index in [1.807, 2.05) is 13.8 Å². The zero-order valence-corrected chi connectivity index (χ0v) is 17.0. The molecule has 150 valence electrons. The van der Waals surface area contributed by atoms with Gasteiger partial charge >= 0.3 is 0 Å². The van der Waals surface area contributed by atoms with E-state index in [1.165, 1.54) is 3.97 Å². The van der Waals surface area contributed by atoms with Crippen molar-refractivity contribution in [3.8, 4) is 22.3 Å². The van der Waals surface area contributed by atoms with Gasteiger partial charge in [0.25, 0.3) is 10.0 Å². The fourth-order valence-electron chi connectivity index (χ4n) is 3.62. The summed E-state index contributed by atoms with van der Waals surface area (Å²) in [6, 6.07) is 10.1. The fraction of sp³-hybridized carbons (Fsp3) is 0.0952. The fourth-order valence-corrected chi connectivity index (χ4v) is 4.99. The molecule has 1 N–H and O–H groups in total. The molecular weight excluding hydrogens is 402 g/mol. The van der Waals surface area contributed by atoms with Crippen LogP contribution in [0, 0.1) is 13.8 Å². The summed E-state index contributed by atoms with van der Waals surface area (Å²) in [7, 11) is -3.83. The molecule has 5 aromatic rings. The maximum Gasteiger partial charge on any atom is 0.268 e. The van der Waals surface area contributed by atoms with Gasteiger partial charge in [-0.1, -0.05) is 23.4 Å². The highest BCUT2D eigenvalue weighted by Crippen LogP contribution is 2.35. The number of aromatic amines is 1. The monoisotopic (exact) mass is 419 g/mol. The van der Waals surface area contributed by atoms with Gasteiger partial charge in [0.1, 0.15) is 5.76 Å². The first-order valence-electron chi connectivity index (χ1n) is 9.21. The van der Waals surface area contributed by atoms with Crippen molar-refractivity contribution in [2.24, 2.45) is 0 Å². The predicted molar refractivity (Wildman–Crippen MR) is 111 cm³/mol. The molecule has 0 saturated carbocycles. The SMILES string of the molecule is Cc1noc(C)c1-c1cnc2c(-c3cn[nH]c3)cn(S(=O)(=O)c3ccccc3)c2c1. The van der Waals surface area contributed by atoms with Crippen LogP contribution in [0.3, 0.4) is 0 Å². The average molecular weight is 419 g/mol. The number of rotatable bonds is 4. The van der Waals surface area contributed by atoms with Crippen molar-refractivity contribution in [3.05, 3.63) is 72.6 Å². The zero-order chi connectivity index (χ0) is 20.9. The Morgan fingerprint density at radius 3 is 2.53 bits per heavy atom. The van der Waals surface area contributed by atoms with Gasteiger partial charge < -0.3 is 4.52 Å². The van der Waals surface area contributed by atoms with Crippen molar-refractivity contribution in [2.45, 2.75) is 18.7 Å². The second kappa shape index (κ2) is 6.67. The van der Waals surface area contributed by atoms with E-state index in [4.69, 9.17) is 4.52 Å². The smallest absolute Gasteiger partial charge is 0.268 e. The third kappa shape index (κ3) is 2.74. The quantitative estimate of drug-likeness (QED) is 0.473. The van der Waals surface area contributed by atoms with E-state index < -0.39 is 10.0 Å². The van der Waals surface area contributed by atoms with Crippen LogP contribution in [0.1, 0.15) is 11.5 Å². The third-order valence-corrected chi connectivity index (χ3v) is 6.73. The number of benzene rings is 1. The summed E-state index contributed by atoms with van der Waals surface area (Å²) in [5.74, 6) is 0.646. The standard InChI is InChI=1S/C21H17N5O3S/c1-13-20(14(2)29-25-13)15-8-19-21(22-9-15)18(16-10-23-24-11-16)12-26(19)30(27,28)17-6-4-3-5-7-17/h3-12H,1-2H3,(H,23,24). The number of aromatic nitrogens is 5. The van der Waals surface area contributed by atoms with E-state index in [9.17, 15) is 8.42 Å². The van der Waals surface area contributed by atoms with Gasteiger partial charge in [0.15, 0.2) is 0 Å². The van der Waals surface area contributed by atoms with E-state index in [1.54, 1.807) is 61.2 Å². The third-order valence-electron chi connectivity index (χ3n) is 5.04. The second-order valence-electron chi connectivity index (χ2n) is 6.93.